The number of nitrogens with zero attached hydrogens (tertiary/aromatic N) is 2. The van der Waals surface area contributed by atoms with Crippen LogP contribution in [0.3, 0.4) is 0 Å². The molecule has 2 amide bonds. The zero-order valence-electron chi connectivity index (χ0n) is 15.0. The zero-order chi connectivity index (χ0) is 18.1. The highest BCUT2D eigenvalue weighted by atomic mass is 16.4. The first-order valence-electron chi connectivity index (χ1n) is 9.21. The molecule has 0 aliphatic carbocycles. The highest BCUT2D eigenvalue weighted by Gasteiger charge is 2.50. The highest BCUT2D eigenvalue weighted by molar-refractivity contribution is 5.93. The van der Waals surface area contributed by atoms with Crippen LogP contribution >= 0.6 is 0 Å². The Kier molecular flexibility index (Phi) is 4.26. The second-order valence-corrected chi connectivity index (χ2v) is 7.10. The molecule has 1 aromatic carbocycles. The summed E-state index contributed by atoms with van der Waals surface area (Å²) in [7, 11) is 0. The first kappa shape index (κ1) is 16.8. The first-order chi connectivity index (χ1) is 12.6. The summed E-state index contributed by atoms with van der Waals surface area (Å²) in [5, 5.41) is 2.93. The number of aryl methyl sites for hydroxylation is 1. The summed E-state index contributed by atoms with van der Waals surface area (Å²) in [5.74, 6) is 1.13. The molecule has 2 fully saturated rings. The van der Waals surface area contributed by atoms with Gasteiger partial charge in [-0.2, -0.15) is 0 Å². The fraction of sp³-hybridized carbons (Fsp3) is 0.450. The fourth-order valence-electron chi connectivity index (χ4n) is 4.13. The van der Waals surface area contributed by atoms with E-state index in [1.807, 2.05) is 37.3 Å². The Morgan fingerprint density at radius 1 is 1.27 bits per heavy atom. The van der Waals surface area contributed by atoms with Crippen molar-refractivity contribution in [1.82, 2.24) is 15.2 Å². The molecule has 2 aliphatic rings. The molecule has 2 aliphatic heterocycles. The number of nitrogens with one attached hydrogen (secondary N) is 1. The zero-order valence-corrected chi connectivity index (χ0v) is 15.0. The molecule has 6 heteroatoms. The average molecular weight is 353 g/mol. The molecule has 4 rings (SSSR count). The van der Waals surface area contributed by atoms with Gasteiger partial charge in [-0.25, -0.2) is 4.98 Å². The number of likely N-dealkylation sites (tertiary alicyclic amines) is 1. The van der Waals surface area contributed by atoms with Gasteiger partial charge in [-0.15, -0.1) is 0 Å². The molecule has 1 N–H and O–H groups in total. The molecule has 1 atom stereocenters. The van der Waals surface area contributed by atoms with Crippen LogP contribution in [0.2, 0.25) is 0 Å². The van der Waals surface area contributed by atoms with E-state index in [1.54, 1.807) is 4.90 Å². The van der Waals surface area contributed by atoms with Crippen LogP contribution in [0.1, 0.15) is 37.1 Å². The number of carbonyl (C=O) groups is 2. The summed E-state index contributed by atoms with van der Waals surface area (Å²) in [6, 6.07) is 9.65. The second kappa shape index (κ2) is 6.59. The van der Waals surface area contributed by atoms with Crippen LogP contribution in [0.5, 0.6) is 0 Å². The van der Waals surface area contributed by atoms with Gasteiger partial charge in [0.15, 0.2) is 0 Å². The van der Waals surface area contributed by atoms with Crippen molar-refractivity contribution < 1.29 is 14.0 Å². The van der Waals surface area contributed by atoms with Crippen molar-refractivity contribution in [3.8, 4) is 11.5 Å². The number of amides is 2. The third-order valence-electron chi connectivity index (χ3n) is 5.50. The predicted octanol–water partition coefficient (Wildman–Crippen LogP) is 2.46. The molecule has 1 unspecified atom stereocenters. The lowest BCUT2D eigenvalue weighted by molar-refractivity contribution is -0.146. The van der Waals surface area contributed by atoms with Gasteiger partial charge >= 0.3 is 0 Å². The molecule has 1 spiro atoms. The van der Waals surface area contributed by atoms with E-state index in [1.165, 1.54) is 0 Å². The molecule has 3 heterocycles. The largest absolute Gasteiger partial charge is 0.441 e. The SMILES string of the molecule is Cc1oc(-c2ccccc2)nc1CC(=O)N1CCCC12CCCNC2=O. The summed E-state index contributed by atoms with van der Waals surface area (Å²) in [6.45, 7) is 3.16. The molecule has 0 radical (unpaired) electrons. The maximum atomic E-state index is 13.0. The van der Waals surface area contributed by atoms with Crippen LogP contribution in [-0.4, -0.2) is 40.3 Å². The Labute approximate surface area is 152 Å². The molecule has 2 aromatic rings. The maximum absolute atomic E-state index is 13.0. The van der Waals surface area contributed by atoms with Gasteiger partial charge in [0.1, 0.15) is 11.3 Å². The number of benzene rings is 1. The van der Waals surface area contributed by atoms with Gasteiger partial charge in [-0.3, -0.25) is 9.59 Å². The van der Waals surface area contributed by atoms with Crippen molar-refractivity contribution in [3.63, 3.8) is 0 Å². The van der Waals surface area contributed by atoms with Crippen molar-refractivity contribution in [2.75, 3.05) is 13.1 Å². The first-order valence-corrected chi connectivity index (χ1v) is 9.21. The molecule has 0 saturated carbocycles. The molecular weight excluding hydrogens is 330 g/mol. The summed E-state index contributed by atoms with van der Waals surface area (Å²) in [6.07, 6.45) is 3.44. The van der Waals surface area contributed by atoms with Gasteiger partial charge in [0.05, 0.1) is 12.1 Å². The van der Waals surface area contributed by atoms with Crippen LogP contribution in [-0.2, 0) is 16.0 Å². The Morgan fingerprint density at radius 3 is 2.81 bits per heavy atom. The summed E-state index contributed by atoms with van der Waals surface area (Å²) >= 11 is 0. The van der Waals surface area contributed by atoms with E-state index in [4.69, 9.17) is 4.42 Å². The van der Waals surface area contributed by atoms with Crippen LogP contribution in [0.4, 0.5) is 0 Å². The second-order valence-electron chi connectivity index (χ2n) is 7.10. The lowest BCUT2D eigenvalue weighted by Crippen LogP contribution is -2.60. The quantitative estimate of drug-likeness (QED) is 0.920. The van der Waals surface area contributed by atoms with E-state index in [-0.39, 0.29) is 18.2 Å². The highest BCUT2D eigenvalue weighted by Crippen LogP contribution is 2.36. The molecule has 136 valence electrons. The van der Waals surface area contributed by atoms with Crippen molar-refractivity contribution in [3.05, 3.63) is 41.8 Å². The number of aromatic nitrogens is 1. The van der Waals surface area contributed by atoms with Crippen molar-refractivity contribution in [2.24, 2.45) is 0 Å². The minimum Gasteiger partial charge on any atom is -0.441 e. The summed E-state index contributed by atoms with van der Waals surface area (Å²) in [4.78, 5) is 31.8. The van der Waals surface area contributed by atoms with E-state index < -0.39 is 5.54 Å². The van der Waals surface area contributed by atoms with Gasteiger partial charge in [0, 0.05) is 18.7 Å². The number of piperidine rings is 1. The Morgan fingerprint density at radius 2 is 2.04 bits per heavy atom. The van der Waals surface area contributed by atoms with E-state index in [9.17, 15) is 9.59 Å². The molecular formula is C20H23N3O3. The lowest BCUT2D eigenvalue weighted by atomic mass is 9.86. The molecule has 26 heavy (non-hydrogen) atoms. The van der Waals surface area contributed by atoms with Crippen molar-refractivity contribution >= 4 is 11.8 Å². The minimum atomic E-state index is -0.658. The van der Waals surface area contributed by atoms with Gasteiger partial charge in [0.25, 0.3) is 0 Å². The molecule has 1 aromatic heterocycles. The lowest BCUT2D eigenvalue weighted by Gasteiger charge is -2.40. The third-order valence-corrected chi connectivity index (χ3v) is 5.50. The third kappa shape index (κ3) is 2.79. The Balaban J connectivity index is 1.55. The molecule has 2 saturated heterocycles. The predicted molar refractivity (Wildman–Crippen MR) is 96.3 cm³/mol. The van der Waals surface area contributed by atoms with Gasteiger partial charge in [-0.05, 0) is 44.7 Å². The van der Waals surface area contributed by atoms with E-state index >= 15 is 0 Å². The maximum Gasteiger partial charge on any atom is 0.245 e. The number of rotatable bonds is 3. The number of carbonyl (C=O) groups excluding carboxylic acids is 2. The van der Waals surface area contributed by atoms with E-state index in [0.29, 0.717) is 30.4 Å². The summed E-state index contributed by atoms with van der Waals surface area (Å²) in [5.41, 5.74) is 0.876. The standard InChI is InChI=1S/C20H23N3O3/c1-14-16(22-18(26-14)15-7-3-2-4-8-15)13-17(24)23-12-6-10-20(23)9-5-11-21-19(20)25/h2-4,7-8H,5-6,9-13H2,1H3,(H,21,25). The monoisotopic (exact) mass is 353 g/mol. The minimum absolute atomic E-state index is 0.00329. The summed E-state index contributed by atoms with van der Waals surface area (Å²) < 4.78 is 5.76. The van der Waals surface area contributed by atoms with Crippen LogP contribution in [0.15, 0.2) is 34.7 Å². The van der Waals surface area contributed by atoms with E-state index in [2.05, 4.69) is 10.3 Å². The fourth-order valence-corrected chi connectivity index (χ4v) is 4.13. The molecule has 0 bridgehead atoms. The average Bonchev–Trinajstić information content (AvgIpc) is 3.23. The Bertz CT molecular complexity index is 830. The van der Waals surface area contributed by atoms with Crippen LogP contribution in [0.25, 0.3) is 11.5 Å². The number of hydrogen-bond acceptors (Lipinski definition) is 4. The smallest absolute Gasteiger partial charge is 0.245 e. The van der Waals surface area contributed by atoms with Crippen LogP contribution < -0.4 is 5.32 Å². The topological polar surface area (TPSA) is 75.4 Å². The Hall–Kier alpha value is -2.63. The van der Waals surface area contributed by atoms with Gasteiger partial charge in [0.2, 0.25) is 17.7 Å². The number of hydrogen-bond donors (Lipinski definition) is 1. The normalized spacial score (nSPS) is 22.7. The molecule has 6 nitrogen and oxygen atoms in total. The van der Waals surface area contributed by atoms with Crippen molar-refractivity contribution in [1.29, 1.82) is 0 Å². The van der Waals surface area contributed by atoms with Gasteiger partial charge < -0.3 is 14.6 Å². The van der Waals surface area contributed by atoms with Crippen molar-refractivity contribution in [2.45, 2.75) is 44.6 Å². The van der Waals surface area contributed by atoms with E-state index in [0.717, 1.165) is 31.2 Å². The van der Waals surface area contributed by atoms with Crippen LogP contribution in [0, 0.1) is 6.92 Å². The van der Waals surface area contributed by atoms with Gasteiger partial charge in [-0.1, -0.05) is 18.2 Å². The number of oxazole rings is 1.